The highest BCUT2D eigenvalue weighted by Gasteiger charge is 2.21. The van der Waals surface area contributed by atoms with Crippen LogP contribution in [0.5, 0.6) is 0 Å². The standard InChI is InChI=1S/C27H28ClN3O6S/c1-2-3-4-5-20-16-21(17-30-24(20)27(34)35)26(33)31-38(36,37)23-12-6-18(7-13-23)14-15-29-25(32)19-8-10-22(28)11-9-19/h6-13,16-17H,2-5,14-15H2,1H3,(H,29,32)(H,31,33)(H,34,35). The molecule has 0 saturated heterocycles. The lowest BCUT2D eigenvalue weighted by Crippen LogP contribution is -2.31. The Balaban J connectivity index is 1.61. The molecular weight excluding hydrogens is 530 g/mol. The number of sulfonamides is 1. The van der Waals surface area contributed by atoms with Crippen LogP contribution in [0.3, 0.4) is 0 Å². The third-order valence-electron chi connectivity index (χ3n) is 5.75. The summed E-state index contributed by atoms with van der Waals surface area (Å²) in [5.41, 5.74) is 1.45. The zero-order chi connectivity index (χ0) is 27.7. The molecule has 0 saturated carbocycles. The van der Waals surface area contributed by atoms with Crippen LogP contribution in [-0.4, -0.2) is 42.8 Å². The molecule has 0 aliphatic carbocycles. The van der Waals surface area contributed by atoms with E-state index in [4.69, 9.17) is 11.6 Å². The van der Waals surface area contributed by atoms with Crippen molar-refractivity contribution in [2.24, 2.45) is 0 Å². The first kappa shape index (κ1) is 28.8. The van der Waals surface area contributed by atoms with Crippen LogP contribution in [0.4, 0.5) is 0 Å². The molecule has 1 aromatic heterocycles. The number of carbonyl (C=O) groups is 3. The first-order valence-electron chi connectivity index (χ1n) is 12.0. The van der Waals surface area contributed by atoms with Crippen molar-refractivity contribution < 1.29 is 27.9 Å². The van der Waals surface area contributed by atoms with E-state index in [0.29, 0.717) is 35.5 Å². The molecule has 0 fully saturated rings. The van der Waals surface area contributed by atoms with E-state index < -0.39 is 21.9 Å². The van der Waals surface area contributed by atoms with Gasteiger partial charge in [0.25, 0.3) is 21.8 Å². The Labute approximate surface area is 226 Å². The van der Waals surface area contributed by atoms with Gasteiger partial charge in [-0.2, -0.15) is 0 Å². The molecule has 2 amide bonds. The normalized spacial score (nSPS) is 11.1. The summed E-state index contributed by atoms with van der Waals surface area (Å²) in [6.45, 7) is 2.35. The van der Waals surface area contributed by atoms with Crippen LogP contribution in [0.2, 0.25) is 5.02 Å². The summed E-state index contributed by atoms with van der Waals surface area (Å²) in [6.07, 6.45) is 4.48. The maximum absolute atomic E-state index is 12.8. The molecule has 3 N–H and O–H groups in total. The smallest absolute Gasteiger partial charge is 0.354 e. The van der Waals surface area contributed by atoms with Gasteiger partial charge >= 0.3 is 5.97 Å². The van der Waals surface area contributed by atoms with E-state index in [1.807, 2.05) is 11.6 Å². The second-order valence-corrected chi connectivity index (χ2v) is 10.7. The summed E-state index contributed by atoms with van der Waals surface area (Å²) in [5, 5.41) is 12.7. The summed E-state index contributed by atoms with van der Waals surface area (Å²) in [6, 6.07) is 13.8. The Bertz CT molecular complexity index is 1410. The van der Waals surface area contributed by atoms with Crippen molar-refractivity contribution in [2.45, 2.75) is 43.9 Å². The zero-order valence-electron chi connectivity index (χ0n) is 20.7. The van der Waals surface area contributed by atoms with Crippen LogP contribution in [0.1, 0.15) is 68.5 Å². The van der Waals surface area contributed by atoms with E-state index in [1.165, 1.54) is 18.2 Å². The number of carboxylic acids is 1. The predicted octanol–water partition coefficient (Wildman–Crippen LogP) is 4.26. The Morgan fingerprint density at radius 2 is 1.61 bits per heavy atom. The van der Waals surface area contributed by atoms with Gasteiger partial charge in [-0.25, -0.2) is 22.9 Å². The molecule has 3 rings (SSSR count). The number of unbranched alkanes of at least 4 members (excludes halogenated alkanes) is 2. The number of aromatic nitrogens is 1. The highest BCUT2D eigenvalue weighted by Crippen LogP contribution is 2.16. The lowest BCUT2D eigenvalue weighted by Gasteiger charge is -2.10. The second kappa shape index (κ2) is 13.2. The first-order chi connectivity index (χ1) is 18.1. The summed E-state index contributed by atoms with van der Waals surface area (Å²) in [4.78, 5) is 40.1. The Hall–Kier alpha value is -3.76. The average Bonchev–Trinajstić information content (AvgIpc) is 2.89. The fraction of sp³-hybridized carbons (Fsp3) is 0.259. The van der Waals surface area contributed by atoms with Gasteiger partial charge in [0.2, 0.25) is 0 Å². The first-order valence-corrected chi connectivity index (χ1v) is 13.9. The number of halogens is 1. The number of aromatic carboxylic acids is 1. The molecule has 0 bridgehead atoms. The third-order valence-corrected chi connectivity index (χ3v) is 7.35. The Morgan fingerprint density at radius 3 is 2.24 bits per heavy atom. The van der Waals surface area contributed by atoms with E-state index in [9.17, 15) is 27.9 Å². The molecule has 200 valence electrons. The minimum atomic E-state index is -4.18. The summed E-state index contributed by atoms with van der Waals surface area (Å²) < 4.78 is 27.6. The van der Waals surface area contributed by atoms with Gasteiger partial charge in [0.05, 0.1) is 10.5 Å². The summed E-state index contributed by atoms with van der Waals surface area (Å²) >= 11 is 5.83. The number of hydrogen-bond acceptors (Lipinski definition) is 6. The number of nitrogens with one attached hydrogen (secondary N) is 2. The number of pyridine rings is 1. The lowest BCUT2D eigenvalue weighted by atomic mass is 10.0. The van der Waals surface area contributed by atoms with E-state index in [0.717, 1.165) is 31.0 Å². The predicted molar refractivity (Wildman–Crippen MR) is 143 cm³/mol. The largest absolute Gasteiger partial charge is 0.477 e. The van der Waals surface area contributed by atoms with Gasteiger partial charge in [0.15, 0.2) is 5.69 Å². The molecule has 0 aliphatic rings. The lowest BCUT2D eigenvalue weighted by molar-refractivity contribution is 0.0688. The highest BCUT2D eigenvalue weighted by atomic mass is 35.5. The van der Waals surface area contributed by atoms with E-state index in [1.54, 1.807) is 36.4 Å². The average molecular weight is 558 g/mol. The van der Waals surface area contributed by atoms with E-state index in [2.05, 4.69) is 10.3 Å². The molecule has 9 nitrogen and oxygen atoms in total. The topological polar surface area (TPSA) is 143 Å². The van der Waals surface area contributed by atoms with Crippen LogP contribution in [0.25, 0.3) is 0 Å². The molecule has 0 unspecified atom stereocenters. The molecule has 0 atom stereocenters. The Morgan fingerprint density at radius 1 is 0.921 bits per heavy atom. The zero-order valence-corrected chi connectivity index (χ0v) is 22.3. The molecular formula is C27H28ClN3O6S. The number of rotatable bonds is 12. The highest BCUT2D eigenvalue weighted by molar-refractivity contribution is 7.90. The fourth-order valence-electron chi connectivity index (χ4n) is 3.68. The minimum absolute atomic E-state index is 0.0434. The van der Waals surface area contributed by atoms with Gasteiger partial charge in [-0.1, -0.05) is 43.5 Å². The third kappa shape index (κ3) is 7.87. The molecule has 11 heteroatoms. The summed E-state index contributed by atoms with van der Waals surface area (Å²) in [5.74, 6) is -2.36. The van der Waals surface area contributed by atoms with Crippen LogP contribution in [-0.2, 0) is 22.9 Å². The maximum atomic E-state index is 12.8. The SMILES string of the molecule is CCCCCc1cc(C(=O)NS(=O)(=O)c2ccc(CCNC(=O)c3ccc(Cl)cc3)cc2)cnc1C(=O)O. The van der Waals surface area contributed by atoms with Crippen LogP contribution in [0, 0.1) is 0 Å². The monoisotopic (exact) mass is 557 g/mol. The maximum Gasteiger partial charge on any atom is 0.354 e. The molecule has 2 aromatic carbocycles. The fourth-order valence-corrected chi connectivity index (χ4v) is 4.78. The number of carbonyl (C=O) groups excluding carboxylic acids is 2. The Kier molecular flexibility index (Phi) is 9.98. The number of aryl methyl sites for hydroxylation is 1. The van der Waals surface area contributed by atoms with E-state index in [-0.39, 0.29) is 22.1 Å². The quantitative estimate of drug-likeness (QED) is 0.282. The number of carboxylic acid groups (broad SMARTS) is 1. The number of amides is 2. The molecule has 1 heterocycles. The van der Waals surface area contributed by atoms with Crippen molar-refractivity contribution >= 4 is 39.4 Å². The van der Waals surface area contributed by atoms with Crippen LogP contribution in [0.15, 0.2) is 65.7 Å². The number of benzene rings is 2. The van der Waals surface area contributed by atoms with Gasteiger partial charge in [-0.05, 0) is 72.9 Å². The number of nitrogens with zero attached hydrogens (tertiary/aromatic N) is 1. The van der Waals surface area contributed by atoms with Crippen molar-refractivity contribution in [2.75, 3.05) is 6.54 Å². The second-order valence-electron chi connectivity index (χ2n) is 8.59. The van der Waals surface area contributed by atoms with Gasteiger partial charge in [-0.15, -0.1) is 0 Å². The van der Waals surface area contributed by atoms with Crippen molar-refractivity contribution in [3.05, 3.63) is 93.8 Å². The van der Waals surface area contributed by atoms with Crippen molar-refractivity contribution in [1.82, 2.24) is 15.0 Å². The van der Waals surface area contributed by atoms with Gasteiger partial charge in [0.1, 0.15) is 0 Å². The molecule has 0 radical (unpaired) electrons. The van der Waals surface area contributed by atoms with Crippen molar-refractivity contribution in [1.29, 1.82) is 0 Å². The van der Waals surface area contributed by atoms with Crippen molar-refractivity contribution in [3.8, 4) is 0 Å². The van der Waals surface area contributed by atoms with Gasteiger partial charge in [0, 0.05) is 23.3 Å². The molecule has 3 aromatic rings. The van der Waals surface area contributed by atoms with Gasteiger partial charge < -0.3 is 10.4 Å². The van der Waals surface area contributed by atoms with Crippen LogP contribution >= 0.6 is 11.6 Å². The molecule has 0 spiro atoms. The van der Waals surface area contributed by atoms with Crippen molar-refractivity contribution in [3.63, 3.8) is 0 Å². The van der Waals surface area contributed by atoms with Gasteiger partial charge in [-0.3, -0.25) is 9.59 Å². The number of hydrogen-bond donors (Lipinski definition) is 3. The summed E-state index contributed by atoms with van der Waals surface area (Å²) in [7, 11) is -4.18. The van der Waals surface area contributed by atoms with Crippen LogP contribution < -0.4 is 10.0 Å². The molecule has 0 aliphatic heterocycles. The van der Waals surface area contributed by atoms with E-state index >= 15 is 0 Å². The molecule has 38 heavy (non-hydrogen) atoms. The minimum Gasteiger partial charge on any atom is -0.477 e.